The minimum atomic E-state index is -0.456. The van der Waals surface area contributed by atoms with Gasteiger partial charge in [-0.2, -0.15) is 5.10 Å². The molecule has 2 rings (SSSR count). The van der Waals surface area contributed by atoms with E-state index in [9.17, 15) is 14.5 Å². The number of thiocarbonyl (C=S) groups is 1. The van der Waals surface area contributed by atoms with Crippen molar-refractivity contribution in [3.05, 3.63) is 76.1 Å². The van der Waals surface area contributed by atoms with Crippen LogP contribution in [0.4, 0.5) is 15.8 Å². The number of para-hydroxylation sites is 2. The van der Waals surface area contributed by atoms with Crippen molar-refractivity contribution in [2.24, 2.45) is 5.10 Å². The molecule has 0 unspecified atom stereocenters. The van der Waals surface area contributed by atoms with E-state index in [4.69, 9.17) is 12.2 Å². The third kappa shape index (κ3) is 4.96. The quantitative estimate of drug-likeness (QED) is 0.374. The van der Waals surface area contributed by atoms with Gasteiger partial charge in [0.25, 0.3) is 5.69 Å². The van der Waals surface area contributed by atoms with Gasteiger partial charge in [0.15, 0.2) is 5.11 Å². The number of nitro benzene ring substituents is 1. The predicted molar refractivity (Wildman–Crippen MR) is 96.4 cm³/mol. The van der Waals surface area contributed by atoms with Gasteiger partial charge in [0.05, 0.1) is 16.2 Å². The fraction of sp³-hybridized carbons (Fsp3) is 0. The van der Waals surface area contributed by atoms with Crippen LogP contribution in [0, 0.1) is 15.9 Å². The molecule has 0 amide bonds. The van der Waals surface area contributed by atoms with Crippen LogP contribution in [0.25, 0.3) is 6.08 Å². The molecule has 8 heteroatoms. The smallest absolute Gasteiger partial charge is 0.276 e. The van der Waals surface area contributed by atoms with Gasteiger partial charge < -0.3 is 5.32 Å². The Morgan fingerprint density at radius 2 is 1.92 bits per heavy atom. The molecular formula is C16H13FN4O2S. The second-order valence-electron chi connectivity index (χ2n) is 4.50. The van der Waals surface area contributed by atoms with E-state index in [1.54, 1.807) is 42.5 Å². The minimum Gasteiger partial charge on any atom is -0.329 e. The fourth-order valence-corrected chi connectivity index (χ4v) is 1.96. The zero-order chi connectivity index (χ0) is 17.4. The van der Waals surface area contributed by atoms with Crippen LogP contribution in [-0.2, 0) is 0 Å². The maximum Gasteiger partial charge on any atom is 0.276 e. The molecule has 0 spiro atoms. The Hall–Kier alpha value is -3.13. The van der Waals surface area contributed by atoms with Gasteiger partial charge in [0.2, 0.25) is 0 Å². The van der Waals surface area contributed by atoms with Crippen LogP contribution in [0.1, 0.15) is 5.56 Å². The molecule has 122 valence electrons. The van der Waals surface area contributed by atoms with E-state index in [2.05, 4.69) is 15.8 Å². The highest BCUT2D eigenvalue weighted by Crippen LogP contribution is 2.18. The average Bonchev–Trinajstić information content (AvgIpc) is 2.57. The molecule has 0 aliphatic carbocycles. The van der Waals surface area contributed by atoms with Gasteiger partial charge in [-0.1, -0.05) is 24.3 Å². The topological polar surface area (TPSA) is 79.6 Å². The molecule has 0 aromatic heterocycles. The van der Waals surface area contributed by atoms with Crippen molar-refractivity contribution in [3.8, 4) is 0 Å². The molecule has 0 bridgehead atoms. The zero-order valence-electron chi connectivity index (χ0n) is 12.3. The van der Waals surface area contributed by atoms with Crippen molar-refractivity contribution in [1.82, 2.24) is 5.43 Å². The van der Waals surface area contributed by atoms with Crippen molar-refractivity contribution in [2.75, 3.05) is 5.32 Å². The summed E-state index contributed by atoms with van der Waals surface area (Å²) in [6.07, 6.45) is 4.46. The van der Waals surface area contributed by atoms with Gasteiger partial charge in [-0.05, 0) is 42.6 Å². The minimum absolute atomic E-state index is 0.00634. The summed E-state index contributed by atoms with van der Waals surface area (Å²) in [6, 6.07) is 12.4. The van der Waals surface area contributed by atoms with Gasteiger partial charge in [-0.3, -0.25) is 15.5 Å². The predicted octanol–water partition coefficient (Wildman–Crippen LogP) is 3.72. The highest BCUT2D eigenvalue weighted by molar-refractivity contribution is 7.80. The molecule has 0 fully saturated rings. The third-order valence-electron chi connectivity index (χ3n) is 2.86. The lowest BCUT2D eigenvalue weighted by atomic mass is 10.2. The number of benzene rings is 2. The first kappa shape index (κ1) is 17.2. The summed E-state index contributed by atoms with van der Waals surface area (Å²) in [5, 5.41) is 17.5. The third-order valence-corrected chi connectivity index (χ3v) is 3.05. The first-order chi connectivity index (χ1) is 11.6. The molecule has 0 aliphatic heterocycles. The number of nitrogens with one attached hydrogen (secondary N) is 2. The highest BCUT2D eigenvalue weighted by Gasteiger charge is 2.08. The average molecular weight is 344 g/mol. The van der Waals surface area contributed by atoms with Crippen LogP contribution in [-0.4, -0.2) is 16.3 Å². The van der Waals surface area contributed by atoms with E-state index >= 15 is 0 Å². The Balaban J connectivity index is 1.90. The van der Waals surface area contributed by atoms with Gasteiger partial charge >= 0.3 is 0 Å². The Kier molecular flexibility index (Phi) is 6.09. The maximum atomic E-state index is 13.4. The number of nitro groups is 1. The zero-order valence-corrected chi connectivity index (χ0v) is 13.2. The van der Waals surface area contributed by atoms with E-state index in [-0.39, 0.29) is 16.5 Å². The molecule has 2 aromatic carbocycles. The molecule has 0 aliphatic rings. The van der Waals surface area contributed by atoms with Gasteiger partial charge in [-0.25, -0.2) is 4.39 Å². The van der Waals surface area contributed by atoms with E-state index in [1.807, 2.05) is 0 Å². The monoisotopic (exact) mass is 344 g/mol. The lowest BCUT2D eigenvalue weighted by molar-refractivity contribution is -0.385. The van der Waals surface area contributed by atoms with Gasteiger partial charge in [0.1, 0.15) is 5.82 Å². The lowest BCUT2D eigenvalue weighted by Gasteiger charge is -2.07. The van der Waals surface area contributed by atoms with Crippen LogP contribution in [0.2, 0.25) is 0 Å². The number of hydrogen-bond donors (Lipinski definition) is 2. The summed E-state index contributed by atoms with van der Waals surface area (Å²) < 4.78 is 13.4. The summed E-state index contributed by atoms with van der Waals surface area (Å²) in [5.41, 5.74) is 3.22. The Morgan fingerprint density at radius 1 is 1.21 bits per heavy atom. The van der Waals surface area contributed by atoms with Crippen LogP contribution < -0.4 is 10.7 Å². The second kappa shape index (κ2) is 8.49. The highest BCUT2D eigenvalue weighted by atomic mass is 32.1. The Morgan fingerprint density at radius 3 is 2.67 bits per heavy atom. The Labute approximate surface area is 142 Å². The normalized spacial score (nSPS) is 10.9. The summed E-state index contributed by atoms with van der Waals surface area (Å²) >= 11 is 4.98. The van der Waals surface area contributed by atoms with Crippen LogP contribution in [0.5, 0.6) is 0 Å². The molecule has 0 radical (unpaired) electrons. The number of hydrogen-bond acceptors (Lipinski definition) is 4. The largest absolute Gasteiger partial charge is 0.329 e. The van der Waals surface area contributed by atoms with E-state index in [0.29, 0.717) is 5.56 Å². The van der Waals surface area contributed by atoms with Crippen molar-refractivity contribution in [3.63, 3.8) is 0 Å². The maximum absolute atomic E-state index is 13.4. The molecule has 0 heterocycles. The second-order valence-corrected chi connectivity index (χ2v) is 4.91. The van der Waals surface area contributed by atoms with E-state index in [0.717, 1.165) is 0 Å². The summed E-state index contributed by atoms with van der Waals surface area (Å²) in [4.78, 5) is 10.4. The Bertz CT molecular complexity index is 808. The van der Waals surface area contributed by atoms with Crippen LogP contribution in [0.3, 0.4) is 0 Å². The summed E-state index contributed by atoms with van der Waals surface area (Å²) in [7, 11) is 0. The number of rotatable bonds is 5. The SMILES string of the molecule is O=[N+]([O-])c1ccccc1/C=C/C=N\NC(=S)Nc1ccccc1F. The molecule has 6 nitrogen and oxygen atoms in total. The first-order valence-corrected chi connectivity index (χ1v) is 7.23. The molecule has 0 saturated heterocycles. The molecule has 2 N–H and O–H groups in total. The first-order valence-electron chi connectivity index (χ1n) is 6.82. The molecule has 2 aromatic rings. The van der Waals surface area contributed by atoms with Crippen LogP contribution in [0.15, 0.2) is 59.7 Å². The van der Waals surface area contributed by atoms with E-state index in [1.165, 1.54) is 24.4 Å². The lowest BCUT2D eigenvalue weighted by Crippen LogP contribution is -2.24. The number of hydrazone groups is 1. The van der Waals surface area contributed by atoms with Gasteiger partial charge in [-0.15, -0.1) is 0 Å². The van der Waals surface area contributed by atoms with Crippen molar-refractivity contribution in [2.45, 2.75) is 0 Å². The van der Waals surface area contributed by atoms with Crippen molar-refractivity contribution < 1.29 is 9.31 Å². The number of anilines is 1. The fourth-order valence-electron chi connectivity index (χ4n) is 1.79. The summed E-state index contributed by atoms with van der Waals surface area (Å²) in [6.45, 7) is 0. The molecular weight excluding hydrogens is 331 g/mol. The molecule has 24 heavy (non-hydrogen) atoms. The number of nitrogens with zero attached hydrogens (tertiary/aromatic N) is 2. The van der Waals surface area contributed by atoms with Crippen molar-refractivity contribution in [1.29, 1.82) is 0 Å². The standard InChI is InChI=1S/C16H13FN4O2S/c17-13-8-2-3-9-14(13)19-16(24)20-18-11-5-7-12-6-1-4-10-15(12)21(22)23/h1-11H,(H2,19,20,24)/b7-5+,18-11-. The van der Waals surface area contributed by atoms with Crippen molar-refractivity contribution >= 4 is 41.0 Å². The van der Waals surface area contributed by atoms with Crippen LogP contribution >= 0.6 is 12.2 Å². The van der Waals surface area contributed by atoms with Gasteiger partial charge in [0, 0.05) is 12.3 Å². The summed E-state index contributed by atoms with van der Waals surface area (Å²) in [5.74, 6) is -0.429. The van der Waals surface area contributed by atoms with E-state index < -0.39 is 10.7 Å². The number of allylic oxidation sites excluding steroid dienone is 1. The number of halogens is 1. The molecule has 0 atom stereocenters. The molecule has 0 saturated carbocycles.